The molecule has 0 aliphatic carbocycles. The highest BCUT2D eigenvalue weighted by atomic mass is 19.1. The second-order valence-electron chi connectivity index (χ2n) is 5.82. The molecule has 2 rings (SSSR count). The van der Waals surface area contributed by atoms with Crippen molar-refractivity contribution in [2.45, 2.75) is 45.3 Å². The van der Waals surface area contributed by atoms with Crippen LogP contribution in [0.3, 0.4) is 0 Å². The SMILES string of the molecule is CC(C)n1ccc(CC(C)(O)Cc2ccccc2F)n1. The first-order valence-electron chi connectivity index (χ1n) is 6.87. The van der Waals surface area contributed by atoms with Gasteiger partial charge in [0.05, 0.1) is 11.3 Å². The van der Waals surface area contributed by atoms with Crippen molar-refractivity contribution in [1.82, 2.24) is 9.78 Å². The molecule has 0 saturated carbocycles. The highest BCUT2D eigenvalue weighted by Crippen LogP contribution is 2.20. The molecule has 3 nitrogen and oxygen atoms in total. The number of benzene rings is 1. The number of hydrogen-bond donors (Lipinski definition) is 1. The van der Waals surface area contributed by atoms with E-state index in [-0.39, 0.29) is 12.2 Å². The van der Waals surface area contributed by atoms with Crippen molar-refractivity contribution in [1.29, 1.82) is 0 Å². The van der Waals surface area contributed by atoms with Crippen molar-refractivity contribution < 1.29 is 9.50 Å². The van der Waals surface area contributed by atoms with E-state index in [0.29, 0.717) is 18.0 Å². The molecule has 2 aromatic rings. The summed E-state index contributed by atoms with van der Waals surface area (Å²) in [6.07, 6.45) is 2.58. The fourth-order valence-corrected chi connectivity index (χ4v) is 2.26. The standard InChI is InChI=1S/C16H21FN2O/c1-12(2)19-9-8-14(18-19)11-16(3,20)10-13-6-4-5-7-15(13)17/h4-9,12,20H,10-11H2,1-3H3. The van der Waals surface area contributed by atoms with Crippen LogP contribution in [0, 0.1) is 5.82 Å². The van der Waals surface area contributed by atoms with Crippen LogP contribution in [-0.2, 0) is 12.8 Å². The van der Waals surface area contributed by atoms with Crippen molar-refractivity contribution in [3.05, 3.63) is 53.6 Å². The summed E-state index contributed by atoms with van der Waals surface area (Å²) in [5.74, 6) is -0.277. The van der Waals surface area contributed by atoms with Crippen LogP contribution < -0.4 is 0 Å². The third-order valence-corrected chi connectivity index (χ3v) is 3.28. The van der Waals surface area contributed by atoms with E-state index in [1.54, 1.807) is 25.1 Å². The van der Waals surface area contributed by atoms with Gasteiger partial charge in [-0.3, -0.25) is 4.68 Å². The lowest BCUT2D eigenvalue weighted by molar-refractivity contribution is 0.0587. The molecule has 108 valence electrons. The van der Waals surface area contributed by atoms with Crippen LogP contribution in [0.25, 0.3) is 0 Å². The van der Waals surface area contributed by atoms with Crippen molar-refractivity contribution in [2.75, 3.05) is 0 Å². The largest absolute Gasteiger partial charge is 0.389 e. The second kappa shape index (κ2) is 5.75. The zero-order chi connectivity index (χ0) is 14.8. The molecule has 0 saturated heterocycles. The molecular formula is C16H21FN2O. The van der Waals surface area contributed by atoms with Crippen LogP contribution in [0.15, 0.2) is 36.5 Å². The molecule has 4 heteroatoms. The van der Waals surface area contributed by atoms with Crippen molar-refractivity contribution in [2.24, 2.45) is 0 Å². The average molecular weight is 276 g/mol. The van der Waals surface area contributed by atoms with Gasteiger partial charge < -0.3 is 5.11 Å². The van der Waals surface area contributed by atoms with Crippen LogP contribution in [0.1, 0.15) is 38.1 Å². The molecular weight excluding hydrogens is 255 g/mol. The monoisotopic (exact) mass is 276 g/mol. The van der Waals surface area contributed by atoms with Gasteiger partial charge in [0.25, 0.3) is 0 Å². The van der Waals surface area contributed by atoms with E-state index in [1.165, 1.54) is 6.07 Å². The fraction of sp³-hybridized carbons (Fsp3) is 0.438. The molecule has 0 aliphatic rings. The van der Waals surface area contributed by atoms with Crippen LogP contribution in [-0.4, -0.2) is 20.5 Å². The summed E-state index contributed by atoms with van der Waals surface area (Å²) in [6.45, 7) is 5.82. The molecule has 0 amide bonds. The van der Waals surface area contributed by atoms with E-state index >= 15 is 0 Å². The highest BCUT2D eigenvalue weighted by Gasteiger charge is 2.24. The Morgan fingerprint density at radius 1 is 1.25 bits per heavy atom. The Labute approximate surface area is 119 Å². The van der Waals surface area contributed by atoms with Gasteiger partial charge in [0.1, 0.15) is 5.82 Å². The minimum absolute atomic E-state index is 0.272. The number of aliphatic hydroxyl groups is 1. The van der Waals surface area contributed by atoms with Gasteiger partial charge in [-0.05, 0) is 38.5 Å². The maximum atomic E-state index is 13.6. The lowest BCUT2D eigenvalue weighted by Crippen LogP contribution is -2.30. The molecule has 0 fully saturated rings. The Bertz CT molecular complexity index is 575. The van der Waals surface area contributed by atoms with Crippen molar-refractivity contribution in [3.63, 3.8) is 0 Å². The second-order valence-corrected chi connectivity index (χ2v) is 5.82. The van der Waals surface area contributed by atoms with Gasteiger partial charge in [-0.2, -0.15) is 5.10 Å². The van der Waals surface area contributed by atoms with Gasteiger partial charge in [0, 0.05) is 25.1 Å². The first-order valence-corrected chi connectivity index (χ1v) is 6.87. The molecule has 1 N–H and O–H groups in total. The Hall–Kier alpha value is -1.68. The molecule has 1 aromatic heterocycles. The normalized spacial score (nSPS) is 14.5. The number of nitrogens with zero attached hydrogens (tertiary/aromatic N) is 2. The lowest BCUT2D eigenvalue weighted by Gasteiger charge is -2.22. The Morgan fingerprint density at radius 2 is 1.95 bits per heavy atom. The van der Waals surface area contributed by atoms with E-state index in [9.17, 15) is 9.50 Å². The summed E-state index contributed by atoms with van der Waals surface area (Å²) in [5.41, 5.74) is 0.332. The lowest BCUT2D eigenvalue weighted by atomic mass is 9.92. The molecule has 0 bridgehead atoms. The zero-order valence-corrected chi connectivity index (χ0v) is 12.2. The van der Waals surface area contributed by atoms with Crippen molar-refractivity contribution >= 4 is 0 Å². The minimum Gasteiger partial charge on any atom is -0.389 e. The van der Waals surface area contributed by atoms with Crippen LogP contribution in [0.2, 0.25) is 0 Å². The zero-order valence-electron chi connectivity index (χ0n) is 12.2. The summed E-state index contributed by atoms with van der Waals surface area (Å²) in [7, 11) is 0. The molecule has 20 heavy (non-hydrogen) atoms. The van der Waals surface area contributed by atoms with Crippen LogP contribution >= 0.6 is 0 Å². The van der Waals surface area contributed by atoms with Gasteiger partial charge in [-0.1, -0.05) is 18.2 Å². The third kappa shape index (κ3) is 3.67. The summed E-state index contributed by atoms with van der Waals surface area (Å²) < 4.78 is 15.5. The first-order chi connectivity index (χ1) is 9.37. The summed E-state index contributed by atoms with van der Waals surface area (Å²) >= 11 is 0. The fourth-order valence-electron chi connectivity index (χ4n) is 2.26. The maximum Gasteiger partial charge on any atom is 0.126 e. The van der Waals surface area contributed by atoms with Gasteiger partial charge in [-0.15, -0.1) is 0 Å². The Kier molecular flexibility index (Phi) is 4.23. The summed E-state index contributed by atoms with van der Waals surface area (Å²) in [6, 6.07) is 8.74. The number of aromatic nitrogens is 2. The van der Waals surface area contributed by atoms with E-state index < -0.39 is 5.60 Å². The smallest absolute Gasteiger partial charge is 0.126 e. The van der Waals surface area contributed by atoms with Gasteiger partial charge >= 0.3 is 0 Å². The van der Waals surface area contributed by atoms with Crippen molar-refractivity contribution in [3.8, 4) is 0 Å². The third-order valence-electron chi connectivity index (χ3n) is 3.28. The average Bonchev–Trinajstić information content (AvgIpc) is 2.79. The number of hydrogen-bond acceptors (Lipinski definition) is 2. The highest BCUT2D eigenvalue weighted by molar-refractivity contribution is 5.20. The van der Waals surface area contributed by atoms with E-state index in [4.69, 9.17) is 0 Å². The Balaban J connectivity index is 2.08. The minimum atomic E-state index is -1.02. The molecule has 1 atom stereocenters. The summed E-state index contributed by atoms with van der Waals surface area (Å²) in [4.78, 5) is 0. The molecule has 1 aromatic carbocycles. The Morgan fingerprint density at radius 3 is 2.55 bits per heavy atom. The maximum absolute atomic E-state index is 13.6. The first kappa shape index (κ1) is 14.7. The molecule has 0 radical (unpaired) electrons. The van der Waals surface area contributed by atoms with Gasteiger partial charge in [0.2, 0.25) is 0 Å². The predicted molar refractivity (Wildman–Crippen MR) is 77.0 cm³/mol. The van der Waals surface area contributed by atoms with Gasteiger partial charge in [0.15, 0.2) is 0 Å². The van der Waals surface area contributed by atoms with Gasteiger partial charge in [-0.25, -0.2) is 4.39 Å². The van der Waals surface area contributed by atoms with E-state index in [2.05, 4.69) is 5.10 Å². The topological polar surface area (TPSA) is 38.0 Å². The number of rotatable bonds is 5. The number of halogens is 1. The molecule has 1 unspecified atom stereocenters. The summed E-state index contributed by atoms with van der Waals surface area (Å²) in [5, 5.41) is 14.9. The van der Waals surface area contributed by atoms with E-state index in [1.807, 2.05) is 30.8 Å². The van der Waals surface area contributed by atoms with Crippen LogP contribution in [0.4, 0.5) is 4.39 Å². The predicted octanol–water partition coefficient (Wildman–Crippen LogP) is 3.14. The molecule has 0 spiro atoms. The molecule has 1 heterocycles. The van der Waals surface area contributed by atoms with E-state index in [0.717, 1.165) is 5.69 Å². The van der Waals surface area contributed by atoms with Crippen LogP contribution in [0.5, 0.6) is 0 Å². The molecule has 0 aliphatic heterocycles. The quantitative estimate of drug-likeness (QED) is 0.911.